The number of aromatic hydroxyl groups is 1. The van der Waals surface area contributed by atoms with Gasteiger partial charge in [0.25, 0.3) is 5.91 Å². The predicted molar refractivity (Wildman–Crippen MR) is 122 cm³/mol. The Morgan fingerprint density at radius 1 is 1.03 bits per heavy atom. The number of carbonyl (C=O) groups is 2. The maximum atomic E-state index is 12.6. The highest BCUT2D eigenvalue weighted by atomic mass is 79.9. The standard InChI is InChI=1S/C24H16BrNO6/c1-13-18(31-23(29)14-6-3-2-4-7-14)11-10-17-20(27)19(24(30)32-21(13)17)22(28)26-16-9-5-8-15(25)12-16/h2-12,27H,1H3,(H,26,28). The summed E-state index contributed by atoms with van der Waals surface area (Å²) in [4.78, 5) is 37.6. The molecule has 0 saturated carbocycles. The van der Waals surface area contributed by atoms with Gasteiger partial charge in [-0.2, -0.15) is 0 Å². The molecule has 0 spiro atoms. The number of esters is 1. The van der Waals surface area contributed by atoms with Gasteiger partial charge in [0, 0.05) is 15.7 Å². The average Bonchev–Trinajstić information content (AvgIpc) is 2.76. The summed E-state index contributed by atoms with van der Waals surface area (Å²) in [6.45, 7) is 1.58. The summed E-state index contributed by atoms with van der Waals surface area (Å²) in [5.74, 6) is -1.74. The van der Waals surface area contributed by atoms with Gasteiger partial charge in [0.15, 0.2) is 5.56 Å². The number of nitrogens with one attached hydrogen (secondary N) is 1. The van der Waals surface area contributed by atoms with Crippen LogP contribution < -0.4 is 15.7 Å². The minimum absolute atomic E-state index is 0.0184. The lowest BCUT2D eigenvalue weighted by Gasteiger charge is -2.12. The van der Waals surface area contributed by atoms with Gasteiger partial charge in [-0.25, -0.2) is 9.59 Å². The minimum atomic E-state index is -1.02. The van der Waals surface area contributed by atoms with Crippen molar-refractivity contribution in [1.82, 2.24) is 0 Å². The molecular weight excluding hydrogens is 478 g/mol. The van der Waals surface area contributed by atoms with Crippen molar-refractivity contribution in [3.63, 3.8) is 0 Å². The Kier molecular flexibility index (Phi) is 5.79. The molecule has 3 aromatic carbocycles. The van der Waals surface area contributed by atoms with Crippen molar-refractivity contribution in [2.45, 2.75) is 6.92 Å². The van der Waals surface area contributed by atoms with Crippen LogP contribution in [0, 0.1) is 6.92 Å². The molecule has 160 valence electrons. The van der Waals surface area contributed by atoms with Gasteiger partial charge in [-0.1, -0.05) is 40.2 Å². The third kappa shape index (κ3) is 4.13. The zero-order valence-electron chi connectivity index (χ0n) is 16.7. The van der Waals surface area contributed by atoms with Crippen LogP contribution in [0.1, 0.15) is 26.3 Å². The first-order valence-corrected chi connectivity index (χ1v) is 10.3. The number of ether oxygens (including phenoxy) is 1. The lowest BCUT2D eigenvalue weighted by molar-refractivity contribution is 0.0733. The Bertz CT molecular complexity index is 1410. The lowest BCUT2D eigenvalue weighted by Crippen LogP contribution is -2.21. The highest BCUT2D eigenvalue weighted by Gasteiger charge is 2.23. The molecular formula is C24H16BrNO6. The van der Waals surface area contributed by atoms with Crippen molar-refractivity contribution in [2.75, 3.05) is 5.32 Å². The first-order valence-electron chi connectivity index (χ1n) is 9.48. The van der Waals surface area contributed by atoms with Gasteiger partial charge in [0.05, 0.1) is 10.9 Å². The molecule has 0 bridgehead atoms. The zero-order valence-corrected chi connectivity index (χ0v) is 18.3. The van der Waals surface area contributed by atoms with E-state index in [-0.39, 0.29) is 16.7 Å². The van der Waals surface area contributed by atoms with E-state index < -0.39 is 28.8 Å². The Balaban J connectivity index is 1.70. The number of halogens is 1. The largest absolute Gasteiger partial charge is 0.506 e. The van der Waals surface area contributed by atoms with Gasteiger partial charge in [-0.05, 0) is 49.4 Å². The fourth-order valence-electron chi connectivity index (χ4n) is 3.17. The first-order chi connectivity index (χ1) is 15.3. The SMILES string of the molecule is Cc1c(OC(=O)c2ccccc2)ccc2c(O)c(C(=O)Nc3cccc(Br)c3)c(=O)oc12. The highest BCUT2D eigenvalue weighted by Crippen LogP contribution is 2.33. The van der Waals surface area contributed by atoms with Crippen molar-refractivity contribution in [3.05, 3.63) is 98.3 Å². The number of fused-ring (bicyclic) bond motifs is 1. The smallest absolute Gasteiger partial charge is 0.353 e. The number of rotatable bonds is 4. The topological polar surface area (TPSA) is 106 Å². The molecule has 1 aromatic heterocycles. The normalized spacial score (nSPS) is 10.7. The molecule has 8 heteroatoms. The van der Waals surface area contributed by atoms with Crippen molar-refractivity contribution in [3.8, 4) is 11.5 Å². The Labute approximate surface area is 190 Å². The second kappa shape index (κ2) is 8.68. The van der Waals surface area contributed by atoms with E-state index in [0.717, 1.165) is 4.47 Å². The van der Waals surface area contributed by atoms with Gasteiger partial charge in [0.2, 0.25) is 0 Å². The van der Waals surface area contributed by atoms with Crippen LogP contribution in [0.2, 0.25) is 0 Å². The molecule has 4 rings (SSSR count). The summed E-state index contributed by atoms with van der Waals surface area (Å²) in [6, 6.07) is 18.1. The molecule has 0 aliphatic heterocycles. The summed E-state index contributed by atoms with van der Waals surface area (Å²) in [5.41, 5.74) is -0.399. The van der Waals surface area contributed by atoms with Crippen LogP contribution in [0.15, 0.2) is 80.4 Å². The number of carbonyl (C=O) groups excluding carboxylic acids is 2. The van der Waals surface area contributed by atoms with Gasteiger partial charge in [-0.3, -0.25) is 4.79 Å². The minimum Gasteiger partial charge on any atom is -0.506 e. The van der Waals surface area contributed by atoms with Gasteiger partial charge < -0.3 is 19.6 Å². The van der Waals surface area contributed by atoms with E-state index >= 15 is 0 Å². The Morgan fingerprint density at radius 3 is 2.50 bits per heavy atom. The van der Waals surface area contributed by atoms with E-state index in [1.807, 2.05) is 0 Å². The predicted octanol–water partition coefficient (Wildman–Crippen LogP) is 5.04. The zero-order chi connectivity index (χ0) is 22.8. The summed E-state index contributed by atoms with van der Waals surface area (Å²) >= 11 is 3.30. The van der Waals surface area contributed by atoms with Crippen LogP contribution >= 0.6 is 15.9 Å². The Morgan fingerprint density at radius 2 is 1.78 bits per heavy atom. The van der Waals surface area contributed by atoms with E-state index in [4.69, 9.17) is 9.15 Å². The fourth-order valence-corrected chi connectivity index (χ4v) is 3.57. The van der Waals surface area contributed by atoms with Crippen LogP contribution in [0.25, 0.3) is 11.0 Å². The number of amides is 1. The van der Waals surface area contributed by atoms with Crippen molar-refractivity contribution < 1.29 is 23.8 Å². The van der Waals surface area contributed by atoms with Gasteiger partial charge in [0.1, 0.15) is 17.1 Å². The molecule has 0 unspecified atom stereocenters. The summed E-state index contributed by atoms with van der Waals surface area (Å²) in [7, 11) is 0. The summed E-state index contributed by atoms with van der Waals surface area (Å²) in [5, 5.41) is 13.4. The average molecular weight is 494 g/mol. The molecule has 0 aliphatic carbocycles. The van der Waals surface area contributed by atoms with Crippen LogP contribution in [0.3, 0.4) is 0 Å². The van der Waals surface area contributed by atoms with Crippen molar-refractivity contribution >= 4 is 44.5 Å². The van der Waals surface area contributed by atoms with Gasteiger partial charge >= 0.3 is 11.6 Å². The first kappa shape index (κ1) is 21.3. The second-order valence-corrected chi connectivity index (χ2v) is 7.81. The van der Waals surface area contributed by atoms with Crippen molar-refractivity contribution in [2.24, 2.45) is 0 Å². The monoisotopic (exact) mass is 493 g/mol. The number of benzene rings is 3. The molecule has 0 radical (unpaired) electrons. The molecule has 0 aliphatic rings. The molecule has 0 atom stereocenters. The summed E-state index contributed by atoms with van der Waals surface area (Å²) < 4.78 is 11.5. The van der Waals surface area contributed by atoms with Crippen LogP contribution in [0.5, 0.6) is 11.5 Å². The molecule has 7 nitrogen and oxygen atoms in total. The van der Waals surface area contributed by atoms with E-state index in [0.29, 0.717) is 16.8 Å². The molecule has 0 fully saturated rings. The van der Waals surface area contributed by atoms with E-state index in [2.05, 4.69) is 21.2 Å². The molecule has 2 N–H and O–H groups in total. The Hall–Kier alpha value is -3.91. The van der Waals surface area contributed by atoms with Crippen LogP contribution in [-0.4, -0.2) is 17.0 Å². The van der Waals surface area contributed by atoms with Crippen LogP contribution in [0.4, 0.5) is 5.69 Å². The maximum absolute atomic E-state index is 12.6. The molecule has 4 aromatic rings. The third-order valence-corrected chi connectivity index (χ3v) is 5.26. The molecule has 1 amide bonds. The number of hydrogen-bond acceptors (Lipinski definition) is 6. The number of aryl methyl sites for hydroxylation is 1. The molecule has 0 saturated heterocycles. The molecule has 32 heavy (non-hydrogen) atoms. The van der Waals surface area contributed by atoms with E-state index in [9.17, 15) is 19.5 Å². The third-order valence-electron chi connectivity index (χ3n) is 4.77. The number of hydrogen-bond donors (Lipinski definition) is 2. The van der Waals surface area contributed by atoms with E-state index in [1.54, 1.807) is 61.5 Å². The number of anilines is 1. The maximum Gasteiger partial charge on any atom is 0.353 e. The molecule has 1 heterocycles. The van der Waals surface area contributed by atoms with E-state index in [1.165, 1.54) is 12.1 Å². The summed E-state index contributed by atoms with van der Waals surface area (Å²) in [6.07, 6.45) is 0. The van der Waals surface area contributed by atoms with Crippen LogP contribution in [-0.2, 0) is 0 Å². The lowest BCUT2D eigenvalue weighted by atomic mass is 10.1. The second-order valence-electron chi connectivity index (χ2n) is 6.90. The fraction of sp³-hybridized carbons (Fsp3) is 0.0417. The van der Waals surface area contributed by atoms with Crippen molar-refractivity contribution in [1.29, 1.82) is 0 Å². The highest BCUT2D eigenvalue weighted by molar-refractivity contribution is 9.10. The van der Waals surface area contributed by atoms with Gasteiger partial charge in [-0.15, -0.1) is 0 Å². The quantitative estimate of drug-likeness (QED) is 0.234.